The van der Waals surface area contributed by atoms with E-state index in [1.165, 1.54) is 10.2 Å². The maximum Gasteiger partial charge on any atom is 0.248 e. The van der Waals surface area contributed by atoms with Gasteiger partial charge in [-0.2, -0.15) is 9.67 Å². The van der Waals surface area contributed by atoms with Gasteiger partial charge in [0.1, 0.15) is 0 Å². The van der Waals surface area contributed by atoms with Crippen molar-refractivity contribution in [3.8, 4) is 17.1 Å². The molecule has 4 aromatic rings. The van der Waals surface area contributed by atoms with E-state index in [4.69, 9.17) is 15.6 Å². The lowest BCUT2D eigenvalue weighted by molar-refractivity contribution is 0.114. The summed E-state index contributed by atoms with van der Waals surface area (Å²) in [6.45, 7) is 0. The number of fused-ring (bicyclic) bond motifs is 4. The molecule has 10 heteroatoms. The molecule has 0 fully saturated rings. The van der Waals surface area contributed by atoms with Gasteiger partial charge in [0.05, 0.1) is 24.7 Å². The molecule has 2 aliphatic rings. The molecule has 0 unspecified atom stereocenters. The molecule has 3 heterocycles. The topological polar surface area (TPSA) is 129 Å². The maximum atomic E-state index is 6.24. The Morgan fingerprint density at radius 1 is 0.973 bits per heavy atom. The second-order valence-electron chi connectivity index (χ2n) is 9.34. The molecule has 0 saturated carbocycles. The Kier molecular flexibility index (Phi) is 6.23. The van der Waals surface area contributed by atoms with E-state index in [0.29, 0.717) is 11.8 Å². The molecule has 0 saturated heterocycles. The minimum atomic E-state index is 0.239. The van der Waals surface area contributed by atoms with E-state index in [-0.39, 0.29) is 5.95 Å². The van der Waals surface area contributed by atoms with Gasteiger partial charge >= 0.3 is 0 Å². The Balaban J connectivity index is 1.25. The van der Waals surface area contributed by atoms with E-state index in [1.54, 1.807) is 7.11 Å². The van der Waals surface area contributed by atoms with Crippen molar-refractivity contribution < 1.29 is 4.84 Å². The first-order chi connectivity index (χ1) is 18.2. The third-order valence-electron chi connectivity index (χ3n) is 6.85. The van der Waals surface area contributed by atoms with Crippen molar-refractivity contribution in [3.63, 3.8) is 0 Å². The number of hydrogen-bond acceptors (Lipinski definition) is 9. The molecule has 0 bridgehead atoms. The molecular formula is C27H29N9O. The quantitative estimate of drug-likeness (QED) is 0.354. The van der Waals surface area contributed by atoms with Crippen LogP contribution in [0, 0.1) is 0 Å². The Hall–Kier alpha value is -4.31. The summed E-state index contributed by atoms with van der Waals surface area (Å²) < 4.78 is 1.53. The zero-order valence-electron chi connectivity index (χ0n) is 20.7. The Morgan fingerprint density at radius 2 is 1.84 bits per heavy atom. The van der Waals surface area contributed by atoms with Gasteiger partial charge in [-0.1, -0.05) is 30.3 Å². The number of nitrogens with zero attached hydrogens (tertiary/aromatic N) is 6. The van der Waals surface area contributed by atoms with E-state index in [2.05, 4.69) is 61.4 Å². The fraction of sp³-hybridized carbons (Fsp3) is 0.296. The molecule has 4 N–H and O–H groups in total. The summed E-state index contributed by atoms with van der Waals surface area (Å²) in [4.78, 5) is 14.2. The van der Waals surface area contributed by atoms with Crippen molar-refractivity contribution in [3.05, 3.63) is 76.8 Å². The lowest BCUT2D eigenvalue weighted by Crippen LogP contribution is -2.14. The van der Waals surface area contributed by atoms with Crippen LogP contribution in [0.4, 0.5) is 17.6 Å². The summed E-state index contributed by atoms with van der Waals surface area (Å²) in [6, 6.07) is 12.5. The summed E-state index contributed by atoms with van der Waals surface area (Å²) in [6.07, 6.45) is 10.6. The van der Waals surface area contributed by atoms with E-state index in [1.807, 2.05) is 18.3 Å². The van der Waals surface area contributed by atoms with E-state index >= 15 is 0 Å². The Labute approximate surface area is 215 Å². The van der Waals surface area contributed by atoms with Gasteiger partial charge in [-0.15, -0.1) is 15.3 Å². The maximum absolute atomic E-state index is 6.24. The second kappa shape index (κ2) is 9.98. The van der Waals surface area contributed by atoms with Crippen LogP contribution in [-0.2, 0) is 30.5 Å². The molecular weight excluding hydrogens is 466 g/mol. The number of benzene rings is 1. The number of hydroxylamine groups is 1. The van der Waals surface area contributed by atoms with Crippen molar-refractivity contribution in [2.45, 2.75) is 44.9 Å². The van der Waals surface area contributed by atoms with Crippen LogP contribution in [0.15, 0.2) is 54.4 Å². The zero-order chi connectivity index (χ0) is 25.2. The smallest absolute Gasteiger partial charge is 0.248 e. The highest BCUT2D eigenvalue weighted by molar-refractivity contribution is 5.68. The molecule has 0 spiro atoms. The first-order valence-corrected chi connectivity index (χ1v) is 12.6. The highest BCUT2D eigenvalue weighted by Crippen LogP contribution is 2.31. The van der Waals surface area contributed by atoms with Gasteiger partial charge in [-0.05, 0) is 73.8 Å². The summed E-state index contributed by atoms with van der Waals surface area (Å²) in [5.41, 5.74) is 17.9. The summed E-state index contributed by atoms with van der Waals surface area (Å²) in [5.74, 6) is 1.17. The third-order valence-corrected chi connectivity index (χ3v) is 6.85. The number of nitrogens with one attached hydrogen (secondary N) is 2. The Bertz CT molecular complexity index is 1480. The number of aromatic nitrogens is 6. The Morgan fingerprint density at radius 3 is 2.76 bits per heavy atom. The van der Waals surface area contributed by atoms with Crippen molar-refractivity contribution in [1.29, 1.82) is 0 Å². The van der Waals surface area contributed by atoms with Crippen LogP contribution in [0.5, 0.6) is 0 Å². The number of rotatable bonds is 5. The largest absolute Gasteiger partial charge is 0.368 e. The van der Waals surface area contributed by atoms with Crippen molar-refractivity contribution in [2.24, 2.45) is 0 Å². The molecule has 37 heavy (non-hydrogen) atoms. The minimum absolute atomic E-state index is 0.239. The normalized spacial score (nSPS) is 14.8. The van der Waals surface area contributed by atoms with E-state index < -0.39 is 0 Å². The number of allylic oxidation sites excluding steroid dienone is 2. The average Bonchev–Trinajstić information content (AvgIpc) is 3.15. The van der Waals surface area contributed by atoms with Gasteiger partial charge in [0.25, 0.3) is 0 Å². The first-order valence-electron chi connectivity index (χ1n) is 12.6. The average molecular weight is 496 g/mol. The van der Waals surface area contributed by atoms with Crippen LogP contribution in [0.25, 0.3) is 17.1 Å². The number of aryl methyl sites for hydroxylation is 3. The monoisotopic (exact) mass is 495 g/mol. The zero-order valence-corrected chi connectivity index (χ0v) is 20.7. The van der Waals surface area contributed by atoms with Crippen LogP contribution in [0.1, 0.15) is 41.6 Å². The van der Waals surface area contributed by atoms with Crippen molar-refractivity contribution in [1.82, 2.24) is 35.4 Å². The molecule has 10 nitrogen and oxygen atoms in total. The fourth-order valence-electron chi connectivity index (χ4n) is 5.07. The molecule has 0 radical (unpaired) electrons. The van der Waals surface area contributed by atoms with Crippen molar-refractivity contribution in [2.75, 3.05) is 18.2 Å². The molecule has 0 aliphatic heterocycles. The molecule has 1 aromatic carbocycles. The van der Waals surface area contributed by atoms with Crippen LogP contribution in [0.2, 0.25) is 0 Å². The van der Waals surface area contributed by atoms with Gasteiger partial charge in [0.15, 0.2) is 5.82 Å². The van der Waals surface area contributed by atoms with Crippen LogP contribution >= 0.6 is 0 Å². The van der Waals surface area contributed by atoms with Crippen molar-refractivity contribution >= 4 is 17.6 Å². The highest BCUT2D eigenvalue weighted by Gasteiger charge is 2.19. The van der Waals surface area contributed by atoms with Crippen LogP contribution in [0.3, 0.4) is 0 Å². The molecule has 2 aliphatic carbocycles. The number of anilines is 3. The molecule has 3 aromatic heterocycles. The lowest BCUT2D eigenvalue weighted by atomic mass is 10.00. The molecule has 0 atom stereocenters. The highest BCUT2D eigenvalue weighted by atomic mass is 16.6. The summed E-state index contributed by atoms with van der Waals surface area (Å²) in [5, 5.41) is 16.8. The SMILES string of the molecule is CONC1=CCc2cc(Nc3nc(N)n(-c4cc5c(nn4)-c4ccccc4CCC5)n3)cnc2CCC1. The summed E-state index contributed by atoms with van der Waals surface area (Å²) >= 11 is 0. The number of pyridine rings is 1. The van der Waals surface area contributed by atoms with E-state index in [0.717, 1.165) is 84.4 Å². The van der Waals surface area contributed by atoms with Gasteiger partial charge in [-0.3, -0.25) is 15.3 Å². The molecule has 188 valence electrons. The van der Waals surface area contributed by atoms with Gasteiger partial charge < -0.3 is 11.1 Å². The predicted molar refractivity (Wildman–Crippen MR) is 141 cm³/mol. The summed E-state index contributed by atoms with van der Waals surface area (Å²) in [7, 11) is 1.63. The predicted octanol–water partition coefficient (Wildman–Crippen LogP) is 3.85. The molecule has 6 rings (SSSR count). The van der Waals surface area contributed by atoms with E-state index in [9.17, 15) is 0 Å². The van der Waals surface area contributed by atoms with Gasteiger partial charge in [0, 0.05) is 17.0 Å². The third kappa shape index (κ3) is 4.75. The molecule has 0 amide bonds. The number of nitrogens with two attached hydrogens (primary N) is 1. The standard InChI is InChI=1S/C27H29N9O/c1-37-35-20-9-5-11-23-18(12-13-20)14-21(16-29-23)30-27-31-26(28)36(34-27)24-15-19-8-4-7-17-6-2-3-10-22(17)25(19)33-32-24/h2-3,6,10,13-16,35H,4-5,7-9,11-12H2,1H3,(H3,28,30,31,34). The first kappa shape index (κ1) is 23.1. The number of nitrogen functional groups attached to an aromatic ring is 1. The van der Waals surface area contributed by atoms with Gasteiger partial charge in [-0.25, -0.2) is 0 Å². The fourth-order valence-corrected chi connectivity index (χ4v) is 5.07. The second-order valence-corrected chi connectivity index (χ2v) is 9.34. The van der Waals surface area contributed by atoms with Gasteiger partial charge in [0.2, 0.25) is 11.9 Å². The minimum Gasteiger partial charge on any atom is -0.368 e. The lowest BCUT2D eigenvalue weighted by Gasteiger charge is -2.15. The van der Waals surface area contributed by atoms with Crippen LogP contribution in [-0.4, -0.2) is 37.1 Å². The number of hydrogen-bond donors (Lipinski definition) is 3. The van der Waals surface area contributed by atoms with Crippen LogP contribution < -0.4 is 16.5 Å².